The minimum atomic E-state index is -2.23. The second-order valence-corrected chi connectivity index (χ2v) is 21.9. The molecule has 14 heteroatoms. The highest BCUT2D eigenvalue weighted by molar-refractivity contribution is 9.10. The van der Waals surface area contributed by atoms with E-state index in [2.05, 4.69) is 87.5 Å². The molecule has 0 unspecified atom stereocenters. The Kier molecular flexibility index (Phi) is 12.4. The van der Waals surface area contributed by atoms with Crippen molar-refractivity contribution in [1.82, 2.24) is 15.3 Å². The Labute approximate surface area is 327 Å². The number of carbonyl (C=O) groups excluding carboxylic acids is 3. The topological polar surface area (TPSA) is 144 Å². The van der Waals surface area contributed by atoms with E-state index in [9.17, 15) is 14.4 Å². The molecule has 12 nitrogen and oxygen atoms in total. The number of fused-ring (bicyclic) bond motifs is 1. The molecule has 5 rings (SSSR count). The van der Waals surface area contributed by atoms with Gasteiger partial charge in [0.1, 0.15) is 12.2 Å². The average molecular weight is 820 g/mol. The van der Waals surface area contributed by atoms with Crippen molar-refractivity contribution in [3.05, 3.63) is 88.8 Å². The van der Waals surface area contributed by atoms with Crippen LogP contribution in [0.3, 0.4) is 0 Å². The lowest BCUT2D eigenvalue weighted by molar-refractivity contribution is 0.0336. The highest BCUT2D eigenvalue weighted by Crippen LogP contribution is 2.40. The summed E-state index contributed by atoms with van der Waals surface area (Å²) in [6.07, 6.45) is 1.71. The molecular weight excluding hydrogens is 768 g/mol. The number of aromatic nitrogens is 2. The van der Waals surface area contributed by atoms with Gasteiger partial charge in [0, 0.05) is 35.1 Å². The van der Waals surface area contributed by atoms with E-state index in [0.717, 1.165) is 15.4 Å². The first kappa shape index (κ1) is 40.6. The smallest absolute Gasteiger partial charge is 0.412 e. The molecule has 1 aliphatic heterocycles. The van der Waals surface area contributed by atoms with Gasteiger partial charge in [-0.3, -0.25) is 15.1 Å². The van der Waals surface area contributed by atoms with E-state index >= 15 is 0 Å². The summed E-state index contributed by atoms with van der Waals surface area (Å²) in [5.74, 6) is -0.569. The number of piperidine rings is 1. The Morgan fingerprint density at radius 2 is 1.65 bits per heavy atom. The van der Waals surface area contributed by atoms with Gasteiger partial charge in [-0.2, -0.15) is 0 Å². The number of pyridine rings is 2. The molecule has 3 atom stereocenters. The van der Waals surface area contributed by atoms with Crippen LogP contribution >= 0.6 is 15.9 Å². The van der Waals surface area contributed by atoms with Gasteiger partial charge in [-0.05, 0) is 68.7 Å². The Morgan fingerprint density at radius 1 is 0.926 bits per heavy atom. The van der Waals surface area contributed by atoms with E-state index in [1.807, 2.05) is 69.3 Å². The van der Waals surface area contributed by atoms with E-state index in [1.165, 1.54) is 0 Å². The third-order valence-electron chi connectivity index (χ3n) is 9.65. The van der Waals surface area contributed by atoms with Crippen molar-refractivity contribution in [3.63, 3.8) is 0 Å². The van der Waals surface area contributed by atoms with E-state index in [0.29, 0.717) is 30.0 Å². The summed E-state index contributed by atoms with van der Waals surface area (Å²) in [6, 6.07) is 17.9. The Bertz CT molecular complexity index is 1980. The summed E-state index contributed by atoms with van der Waals surface area (Å²) in [7, 11) is -2.23. The average Bonchev–Trinajstić information content (AvgIpc) is 3.08. The van der Waals surface area contributed by atoms with Crippen molar-refractivity contribution in [2.75, 3.05) is 28.6 Å². The molecule has 2 aromatic carbocycles. The van der Waals surface area contributed by atoms with Gasteiger partial charge in [-0.25, -0.2) is 14.6 Å². The van der Waals surface area contributed by atoms with Crippen LogP contribution in [0.4, 0.5) is 26.7 Å². The van der Waals surface area contributed by atoms with Crippen LogP contribution in [0, 0.1) is 5.92 Å². The lowest BCUT2D eigenvalue weighted by Gasteiger charge is -2.48. The molecule has 3 heterocycles. The zero-order chi connectivity index (χ0) is 39.4. The second-order valence-electron chi connectivity index (χ2n) is 16.2. The molecule has 2 aromatic heterocycles. The van der Waals surface area contributed by atoms with Crippen LogP contribution in [-0.4, -0.2) is 67.2 Å². The zero-order valence-corrected chi connectivity index (χ0v) is 35.0. The fourth-order valence-corrected chi connectivity index (χ4v) is 7.76. The summed E-state index contributed by atoms with van der Waals surface area (Å²) in [5.41, 5.74) is 2.01. The molecule has 0 spiro atoms. The molecule has 1 aliphatic rings. The molecule has 1 saturated heterocycles. The number of hydrogen-bond donors (Lipinski definition) is 3. The van der Waals surface area contributed by atoms with E-state index in [-0.39, 0.29) is 35.0 Å². The first-order chi connectivity index (χ1) is 25.3. The van der Waals surface area contributed by atoms with Crippen LogP contribution in [0.1, 0.15) is 64.5 Å². The number of nitrogens with zero attached hydrogens (tertiary/aromatic N) is 3. The Morgan fingerprint density at radius 3 is 2.33 bits per heavy atom. The number of carbonyl (C=O) groups is 3. The number of halogens is 1. The van der Waals surface area contributed by atoms with Gasteiger partial charge >= 0.3 is 12.2 Å². The van der Waals surface area contributed by atoms with Crippen molar-refractivity contribution >= 4 is 70.3 Å². The van der Waals surface area contributed by atoms with Gasteiger partial charge in [-0.15, -0.1) is 0 Å². The second kappa shape index (κ2) is 16.5. The van der Waals surface area contributed by atoms with Crippen molar-refractivity contribution in [2.24, 2.45) is 5.92 Å². The molecule has 3 amide bonds. The van der Waals surface area contributed by atoms with Crippen LogP contribution in [0.5, 0.6) is 0 Å². The van der Waals surface area contributed by atoms with E-state index < -0.39 is 38.1 Å². The van der Waals surface area contributed by atoms with Crippen LogP contribution in [0.25, 0.3) is 10.9 Å². The standard InChI is InChI=1S/C40H51BrN6O6Si/c1-25-22-47(23-32(46-38(50)52-39(2,3)4)35(25)53-54(8,9)40(5,6)7)33-17-18-42-21-31(33)44-36(48)34-30(19-27-15-16-28(41)20-29(27)43-34)45-37(49)51-24-26-13-11-10-12-14-26/h10-21,25,32,35H,22-24H2,1-9H3,(H,44,48)(H,45,49)(H,46,50)/t25-,32+,35+/m0/s1. The number of ether oxygens (including phenoxy) is 2. The molecule has 3 N–H and O–H groups in total. The first-order valence-electron chi connectivity index (χ1n) is 18.1. The van der Waals surface area contributed by atoms with Crippen molar-refractivity contribution in [1.29, 1.82) is 0 Å². The van der Waals surface area contributed by atoms with Gasteiger partial charge in [0.2, 0.25) is 0 Å². The Hall–Kier alpha value is -4.53. The van der Waals surface area contributed by atoms with Gasteiger partial charge in [0.25, 0.3) is 5.91 Å². The van der Waals surface area contributed by atoms with Crippen LogP contribution in [-0.2, 0) is 20.5 Å². The van der Waals surface area contributed by atoms with Crippen LogP contribution < -0.4 is 20.9 Å². The summed E-state index contributed by atoms with van der Waals surface area (Å²) in [5, 5.41) is 9.51. The van der Waals surface area contributed by atoms with Gasteiger partial charge in [-0.1, -0.05) is 80.0 Å². The zero-order valence-electron chi connectivity index (χ0n) is 32.5. The molecule has 288 valence electrons. The van der Waals surface area contributed by atoms with Crippen LogP contribution in [0.15, 0.2) is 77.5 Å². The van der Waals surface area contributed by atoms with Crippen molar-refractivity contribution in [2.45, 2.75) is 91.0 Å². The first-order valence-corrected chi connectivity index (χ1v) is 21.8. The number of nitrogens with one attached hydrogen (secondary N) is 3. The molecule has 0 saturated carbocycles. The highest BCUT2D eigenvalue weighted by atomic mass is 79.9. The number of hydrogen-bond acceptors (Lipinski definition) is 9. The quantitative estimate of drug-likeness (QED) is 0.141. The minimum Gasteiger partial charge on any atom is -0.444 e. The highest BCUT2D eigenvalue weighted by Gasteiger charge is 2.45. The summed E-state index contributed by atoms with van der Waals surface area (Å²) in [6.45, 7) is 19.6. The molecule has 4 aromatic rings. The maximum atomic E-state index is 14.2. The lowest BCUT2D eigenvalue weighted by Crippen LogP contribution is -2.63. The number of amides is 3. The lowest BCUT2D eigenvalue weighted by atomic mass is 9.92. The fourth-order valence-electron chi connectivity index (χ4n) is 5.98. The van der Waals surface area contributed by atoms with E-state index in [1.54, 1.807) is 24.5 Å². The largest absolute Gasteiger partial charge is 0.444 e. The molecular formula is C40H51BrN6O6Si. The predicted molar refractivity (Wildman–Crippen MR) is 218 cm³/mol. The molecule has 54 heavy (non-hydrogen) atoms. The van der Waals surface area contributed by atoms with E-state index in [4.69, 9.17) is 13.9 Å². The predicted octanol–water partition coefficient (Wildman–Crippen LogP) is 9.13. The third kappa shape index (κ3) is 10.4. The molecule has 1 fully saturated rings. The monoisotopic (exact) mass is 818 g/mol. The van der Waals surface area contributed by atoms with Gasteiger partial charge < -0.3 is 29.4 Å². The summed E-state index contributed by atoms with van der Waals surface area (Å²) in [4.78, 5) is 51.4. The number of rotatable bonds is 9. The summed E-state index contributed by atoms with van der Waals surface area (Å²) >= 11 is 3.49. The van der Waals surface area contributed by atoms with Crippen molar-refractivity contribution in [3.8, 4) is 0 Å². The van der Waals surface area contributed by atoms with Gasteiger partial charge in [0.15, 0.2) is 14.0 Å². The Balaban J connectivity index is 1.42. The molecule has 0 aliphatic carbocycles. The number of anilines is 3. The fraction of sp³-hybridized carbons (Fsp3) is 0.425. The maximum Gasteiger partial charge on any atom is 0.412 e. The molecule has 0 radical (unpaired) electrons. The minimum absolute atomic E-state index is 0.00798. The maximum absolute atomic E-state index is 14.2. The normalized spacial score (nSPS) is 17.8. The number of benzene rings is 2. The van der Waals surface area contributed by atoms with Crippen molar-refractivity contribution < 1.29 is 28.3 Å². The summed E-state index contributed by atoms with van der Waals surface area (Å²) < 4.78 is 18.9. The van der Waals surface area contributed by atoms with Crippen LogP contribution in [0.2, 0.25) is 18.1 Å². The number of alkyl carbamates (subject to hydrolysis) is 1. The molecule has 0 bridgehead atoms. The van der Waals surface area contributed by atoms with Gasteiger partial charge in [0.05, 0.1) is 40.9 Å². The third-order valence-corrected chi connectivity index (χ3v) is 14.6. The SMILES string of the molecule is C[C@H]1CN(c2ccncc2NC(=O)c2nc3cc(Br)ccc3cc2NC(=O)OCc2ccccc2)C[C@@H](NC(=O)OC(C)(C)C)[C@@H]1O[Si](C)(C)C(C)(C)C.